The number of hydrogen-bond acceptors (Lipinski definition) is 5. The summed E-state index contributed by atoms with van der Waals surface area (Å²) in [6.45, 7) is 1.71. The largest absolute Gasteiger partial charge is 0.344 e. The lowest BCUT2D eigenvalue weighted by molar-refractivity contribution is 0.0910. The Kier molecular flexibility index (Phi) is 3.28. The van der Waals surface area contributed by atoms with Gasteiger partial charge < -0.3 is 5.32 Å². The Balaban J connectivity index is 2.11. The quantitative estimate of drug-likeness (QED) is 0.837. The molecule has 1 aromatic rings. The average molecular weight is 279 g/mol. The van der Waals surface area contributed by atoms with Crippen molar-refractivity contribution in [3.63, 3.8) is 0 Å². The van der Waals surface area contributed by atoms with Gasteiger partial charge in [0.2, 0.25) is 0 Å². The predicted octanol–water partition coefficient (Wildman–Crippen LogP) is 0.260. The van der Waals surface area contributed by atoms with Gasteiger partial charge >= 0.3 is 0 Å². The van der Waals surface area contributed by atoms with Crippen molar-refractivity contribution >= 4 is 15.7 Å². The van der Waals surface area contributed by atoms with E-state index in [2.05, 4.69) is 10.3 Å². The number of nitrogens with one attached hydrogen (secondary N) is 1. The second-order valence-electron chi connectivity index (χ2n) is 4.90. The van der Waals surface area contributed by atoms with E-state index in [1.54, 1.807) is 6.92 Å². The first kappa shape index (κ1) is 13.5. The molecule has 2 rings (SSSR count). The minimum atomic E-state index is -3.07. The first-order valence-corrected chi connectivity index (χ1v) is 7.55. The van der Waals surface area contributed by atoms with E-state index in [9.17, 15) is 13.2 Å². The number of sulfone groups is 1. The summed E-state index contributed by atoms with van der Waals surface area (Å²) < 4.78 is 22.9. The van der Waals surface area contributed by atoms with Gasteiger partial charge in [-0.1, -0.05) is 0 Å². The number of carbonyl (C=O) groups excluding carboxylic acids is 1. The van der Waals surface area contributed by atoms with E-state index in [1.165, 1.54) is 18.3 Å². The number of amides is 1. The lowest BCUT2D eigenvalue weighted by Gasteiger charge is -2.23. The highest BCUT2D eigenvalue weighted by molar-refractivity contribution is 7.91. The molecule has 0 saturated carbocycles. The lowest BCUT2D eigenvalue weighted by Crippen LogP contribution is -2.47. The first-order valence-electron chi connectivity index (χ1n) is 5.73. The van der Waals surface area contributed by atoms with Crippen LogP contribution >= 0.6 is 0 Å². The fourth-order valence-corrected chi connectivity index (χ4v) is 4.13. The van der Waals surface area contributed by atoms with Crippen molar-refractivity contribution in [1.29, 1.82) is 5.26 Å². The van der Waals surface area contributed by atoms with E-state index < -0.39 is 21.3 Å². The maximum Gasteiger partial charge on any atom is 0.270 e. The maximum absolute atomic E-state index is 12.0. The molecule has 1 aliphatic rings. The summed E-state index contributed by atoms with van der Waals surface area (Å²) in [5, 5.41) is 11.3. The van der Waals surface area contributed by atoms with E-state index >= 15 is 0 Å². The molecule has 7 heteroatoms. The first-order chi connectivity index (χ1) is 8.84. The molecule has 0 aliphatic carbocycles. The summed E-state index contributed by atoms with van der Waals surface area (Å²) in [7, 11) is -3.07. The third kappa shape index (κ3) is 3.09. The fraction of sp³-hybridized carbons (Fsp3) is 0.417. The number of rotatable bonds is 2. The molecule has 1 amide bonds. The molecule has 1 unspecified atom stereocenters. The molecular weight excluding hydrogens is 266 g/mol. The molecule has 0 bridgehead atoms. The summed E-state index contributed by atoms with van der Waals surface area (Å²) in [6, 6.07) is 4.85. The molecule has 6 nitrogen and oxygen atoms in total. The van der Waals surface area contributed by atoms with Gasteiger partial charge in [-0.05, 0) is 25.5 Å². The molecule has 1 aliphatic heterocycles. The number of nitriles is 1. The van der Waals surface area contributed by atoms with Crippen molar-refractivity contribution in [3.8, 4) is 6.07 Å². The number of aromatic nitrogens is 1. The van der Waals surface area contributed by atoms with Crippen molar-refractivity contribution in [2.24, 2.45) is 0 Å². The van der Waals surface area contributed by atoms with Crippen molar-refractivity contribution in [3.05, 3.63) is 29.6 Å². The van der Waals surface area contributed by atoms with Gasteiger partial charge in [-0.3, -0.25) is 4.79 Å². The van der Waals surface area contributed by atoms with Gasteiger partial charge in [-0.15, -0.1) is 0 Å². The van der Waals surface area contributed by atoms with Gasteiger partial charge in [-0.25, -0.2) is 13.4 Å². The Morgan fingerprint density at radius 2 is 2.26 bits per heavy atom. The van der Waals surface area contributed by atoms with E-state index in [1.807, 2.05) is 6.07 Å². The SMILES string of the molecule is CC1(NC(=O)c2ccc(C#N)cn2)CCS(=O)(=O)C1. The molecule has 0 aromatic carbocycles. The molecule has 1 aromatic heterocycles. The van der Waals surface area contributed by atoms with Gasteiger partial charge in [0.25, 0.3) is 5.91 Å². The molecular formula is C12H13N3O3S. The highest BCUT2D eigenvalue weighted by atomic mass is 32.2. The highest BCUT2D eigenvalue weighted by Gasteiger charge is 2.39. The minimum Gasteiger partial charge on any atom is -0.344 e. The molecule has 2 heterocycles. The lowest BCUT2D eigenvalue weighted by atomic mass is 10.0. The normalized spacial score (nSPS) is 24.6. The van der Waals surface area contributed by atoms with E-state index in [4.69, 9.17) is 5.26 Å². The number of nitrogens with zero attached hydrogens (tertiary/aromatic N) is 2. The number of pyridine rings is 1. The van der Waals surface area contributed by atoms with Crippen LogP contribution in [-0.2, 0) is 9.84 Å². The summed E-state index contributed by atoms with van der Waals surface area (Å²) in [5.74, 6) is -0.392. The van der Waals surface area contributed by atoms with Gasteiger partial charge in [0.05, 0.1) is 22.6 Å². The van der Waals surface area contributed by atoms with Crippen molar-refractivity contribution in [2.45, 2.75) is 18.9 Å². The zero-order chi connectivity index (χ0) is 14.1. The molecule has 19 heavy (non-hydrogen) atoms. The average Bonchev–Trinajstić information content (AvgIpc) is 2.63. The van der Waals surface area contributed by atoms with Crippen LogP contribution in [0.5, 0.6) is 0 Å². The van der Waals surface area contributed by atoms with Crippen LogP contribution in [0.3, 0.4) is 0 Å². The van der Waals surface area contributed by atoms with E-state index in [0.717, 1.165) is 0 Å². The summed E-state index contributed by atoms with van der Waals surface area (Å²) >= 11 is 0. The van der Waals surface area contributed by atoms with Crippen LogP contribution in [0.1, 0.15) is 29.4 Å². The van der Waals surface area contributed by atoms with Crippen molar-refractivity contribution < 1.29 is 13.2 Å². The van der Waals surface area contributed by atoms with Crippen LogP contribution in [0.25, 0.3) is 0 Å². The van der Waals surface area contributed by atoms with Crippen LogP contribution in [-0.4, -0.2) is 36.4 Å². The van der Waals surface area contributed by atoms with Crippen LogP contribution < -0.4 is 5.32 Å². The second kappa shape index (κ2) is 4.63. The Morgan fingerprint density at radius 3 is 2.74 bits per heavy atom. The Hall–Kier alpha value is -1.94. The van der Waals surface area contributed by atoms with Crippen LogP contribution in [0.4, 0.5) is 0 Å². The highest BCUT2D eigenvalue weighted by Crippen LogP contribution is 2.23. The van der Waals surface area contributed by atoms with E-state index in [-0.39, 0.29) is 17.2 Å². The zero-order valence-electron chi connectivity index (χ0n) is 10.4. The maximum atomic E-state index is 12.0. The second-order valence-corrected chi connectivity index (χ2v) is 7.08. The Bertz CT molecular complexity index is 646. The minimum absolute atomic E-state index is 0.0536. The predicted molar refractivity (Wildman–Crippen MR) is 68.1 cm³/mol. The third-order valence-corrected chi connectivity index (χ3v) is 4.95. The van der Waals surface area contributed by atoms with Crippen LogP contribution in [0.2, 0.25) is 0 Å². The molecule has 100 valence electrons. The van der Waals surface area contributed by atoms with Gasteiger partial charge in [0.15, 0.2) is 9.84 Å². The molecule has 0 radical (unpaired) electrons. The molecule has 1 atom stereocenters. The van der Waals surface area contributed by atoms with Crippen LogP contribution in [0, 0.1) is 11.3 Å². The number of carbonyl (C=O) groups is 1. The topological polar surface area (TPSA) is 99.9 Å². The Labute approximate surface area is 111 Å². The van der Waals surface area contributed by atoms with Gasteiger partial charge in [0, 0.05) is 6.20 Å². The van der Waals surface area contributed by atoms with E-state index in [0.29, 0.717) is 12.0 Å². The molecule has 1 saturated heterocycles. The molecule has 1 fully saturated rings. The standard InChI is InChI=1S/C12H13N3O3S/c1-12(4-5-19(17,18)8-12)15-11(16)10-3-2-9(6-13)7-14-10/h2-3,7H,4-5,8H2,1H3,(H,15,16). The monoisotopic (exact) mass is 279 g/mol. The Morgan fingerprint density at radius 1 is 1.53 bits per heavy atom. The van der Waals surface area contributed by atoms with Crippen molar-refractivity contribution in [2.75, 3.05) is 11.5 Å². The van der Waals surface area contributed by atoms with Crippen molar-refractivity contribution in [1.82, 2.24) is 10.3 Å². The fourth-order valence-electron chi connectivity index (χ4n) is 2.04. The van der Waals surface area contributed by atoms with Gasteiger partial charge in [-0.2, -0.15) is 5.26 Å². The summed E-state index contributed by atoms with van der Waals surface area (Å²) in [4.78, 5) is 15.8. The molecule has 1 N–H and O–H groups in total. The zero-order valence-corrected chi connectivity index (χ0v) is 11.2. The molecule has 0 spiro atoms. The smallest absolute Gasteiger partial charge is 0.270 e. The van der Waals surface area contributed by atoms with Crippen LogP contribution in [0.15, 0.2) is 18.3 Å². The number of hydrogen-bond donors (Lipinski definition) is 1. The summed E-state index contributed by atoms with van der Waals surface area (Å²) in [6.07, 6.45) is 1.71. The summed E-state index contributed by atoms with van der Waals surface area (Å²) in [5.41, 5.74) is -0.207. The van der Waals surface area contributed by atoms with Gasteiger partial charge in [0.1, 0.15) is 11.8 Å². The third-order valence-electron chi connectivity index (χ3n) is 3.04.